The van der Waals surface area contributed by atoms with Crippen molar-refractivity contribution in [2.24, 2.45) is 0 Å². The van der Waals surface area contributed by atoms with Gasteiger partial charge in [0, 0.05) is 6.42 Å². The average molecular weight is 1190 g/mol. The van der Waals surface area contributed by atoms with E-state index in [4.69, 9.17) is 28.4 Å². The van der Waals surface area contributed by atoms with Crippen molar-refractivity contribution in [3.63, 3.8) is 0 Å². The van der Waals surface area contributed by atoms with E-state index in [1.165, 1.54) is 103 Å². The van der Waals surface area contributed by atoms with Crippen molar-refractivity contribution in [3.8, 4) is 0 Å². The number of hydrogen-bond donors (Lipinski definition) is 12. The summed E-state index contributed by atoms with van der Waals surface area (Å²) in [5, 5.41) is 120. The summed E-state index contributed by atoms with van der Waals surface area (Å²) in [7, 11) is 0. The van der Waals surface area contributed by atoms with E-state index in [0.717, 1.165) is 44.9 Å². The Labute approximate surface area is 501 Å². The molecule has 19 heteroatoms. The summed E-state index contributed by atoms with van der Waals surface area (Å²) in [6, 6.07) is -1.04. The highest BCUT2D eigenvalue weighted by Crippen LogP contribution is 2.33. The molecule has 12 N–H and O–H groups in total. The number of unbranched alkanes of at least 4 members (excludes halogenated alkanes) is 18. The molecule has 1 amide bonds. The van der Waals surface area contributed by atoms with Crippen LogP contribution in [0.5, 0.6) is 0 Å². The van der Waals surface area contributed by atoms with Crippen molar-refractivity contribution in [2.45, 2.75) is 291 Å². The molecule has 0 aromatic carbocycles. The first kappa shape index (κ1) is 75.2. The molecule has 3 aliphatic heterocycles. The summed E-state index contributed by atoms with van der Waals surface area (Å²) in [5.41, 5.74) is 0. The maximum absolute atomic E-state index is 13.3. The number of aliphatic hydroxyl groups excluding tert-OH is 11. The third kappa shape index (κ3) is 29.8. The van der Waals surface area contributed by atoms with Crippen LogP contribution in [0.4, 0.5) is 0 Å². The number of hydrogen-bond acceptors (Lipinski definition) is 18. The number of aliphatic hydroxyl groups is 11. The van der Waals surface area contributed by atoms with Gasteiger partial charge in [-0.3, -0.25) is 4.79 Å². The Morgan fingerprint density at radius 2 is 0.833 bits per heavy atom. The van der Waals surface area contributed by atoms with E-state index in [1.807, 2.05) is 18.2 Å². The van der Waals surface area contributed by atoms with Crippen LogP contribution in [-0.2, 0) is 33.2 Å². The summed E-state index contributed by atoms with van der Waals surface area (Å²) in [4.78, 5) is 13.3. The lowest BCUT2D eigenvalue weighted by atomic mass is 9.96. The van der Waals surface area contributed by atoms with Gasteiger partial charge in [-0.2, -0.15) is 0 Å². The molecule has 17 atom stereocenters. The molecule has 3 saturated heterocycles. The minimum Gasteiger partial charge on any atom is -0.394 e. The molecule has 84 heavy (non-hydrogen) atoms. The molecule has 0 aromatic heterocycles. The zero-order valence-corrected chi connectivity index (χ0v) is 50.6. The van der Waals surface area contributed by atoms with E-state index in [2.05, 4.69) is 79.9 Å². The van der Waals surface area contributed by atoms with Crippen molar-refractivity contribution in [1.82, 2.24) is 5.32 Å². The number of amides is 1. The second-order valence-electron chi connectivity index (χ2n) is 22.5. The molecule has 3 fully saturated rings. The van der Waals surface area contributed by atoms with Crippen LogP contribution < -0.4 is 5.32 Å². The van der Waals surface area contributed by atoms with Gasteiger partial charge in [-0.05, 0) is 70.6 Å². The third-order valence-corrected chi connectivity index (χ3v) is 15.4. The number of nitrogens with one attached hydrogen (secondary N) is 1. The summed E-state index contributed by atoms with van der Waals surface area (Å²) in [5.74, 6) is -0.373. The highest BCUT2D eigenvalue weighted by molar-refractivity contribution is 5.76. The molecule has 3 heterocycles. The first-order valence-corrected chi connectivity index (χ1v) is 31.8. The van der Waals surface area contributed by atoms with Crippen LogP contribution in [0.25, 0.3) is 0 Å². The van der Waals surface area contributed by atoms with Crippen LogP contribution in [0.2, 0.25) is 0 Å². The van der Waals surface area contributed by atoms with Gasteiger partial charge in [0.1, 0.15) is 73.2 Å². The quantitative estimate of drug-likeness (QED) is 0.0221. The highest BCUT2D eigenvalue weighted by atomic mass is 16.8. The van der Waals surface area contributed by atoms with Crippen LogP contribution >= 0.6 is 0 Å². The summed E-state index contributed by atoms with van der Waals surface area (Å²) in [6.07, 6.45) is 31.8. The molecule has 19 nitrogen and oxygen atoms in total. The lowest BCUT2D eigenvalue weighted by Gasteiger charge is -2.48. The fraction of sp³-hybridized carbons (Fsp3) is 0.769. The molecule has 0 radical (unpaired) electrons. The predicted octanol–water partition coefficient (Wildman–Crippen LogP) is 6.76. The normalized spacial score (nSPS) is 29.8. The monoisotopic (exact) mass is 1190 g/mol. The number of ether oxygens (including phenoxy) is 6. The molecule has 17 unspecified atom stereocenters. The van der Waals surface area contributed by atoms with Gasteiger partial charge >= 0.3 is 0 Å². The van der Waals surface area contributed by atoms with Gasteiger partial charge in [0.2, 0.25) is 5.91 Å². The smallest absolute Gasteiger partial charge is 0.220 e. The highest BCUT2D eigenvalue weighted by Gasteiger charge is 2.53. The number of rotatable bonds is 46. The molecule has 0 aliphatic carbocycles. The van der Waals surface area contributed by atoms with Crippen molar-refractivity contribution < 1.29 is 89.4 Å². The van der Waals surface area contributed by atoms with Crippen LogP contribution in [0, 0.1) is 0 Å². The van der Waals surface area contributed by atoms with E-state index in [0.29, 0.717) is 19.3 Å². The van der Waals surface area contributed by atoms with Crippen LogP contribution in [-0.4, -0.2) is 193 Å². The molecule has 3 rings (SSSR count). The number of carbonyl (C=O) groups excluding carboxylic acids is 1. The number of allylic oxidation sites excluding steroid dienone is 13. The Balaban J connectivity index is 1.49. The van der Waals surface area contributed by atoms with E-state index in [1.54, 1.807) is 6.08 Å². The second kappa shape index (κ2) is 47.0. The Morgan fingerprint density at radius 3 is 1.32 bits per heavy atom. The van der Waals surface area contributed by atoms with E-state index in [-0.39, 0.29) is 12.3 Å². The van der Waals surface area contributed by atoms with Gasteiger partial charge in [-0.15, -0.1) is 0 Å². The average Bonchev–Trinajstić information content (AvgIpc) is 2.92. The first-order valence-electron chi connectivity index (χ1n) is 31.8. The summed E-state index contributed by atoms with van der Waals surface area (Å²) >= 11 is 0. The molecule has 0 saturated carbocycles. The zero-order valence-electron chi connectivity index (χ0n) is 50.6. The van der Waals surface area contributed by atoms with Crippen LogP contribution in [0.1, 0.15) is 187 Å². The molecular formula is C65H111NO18. The van der Waals surface area contributed by atoms with Crippen molar-refractivity contribution in [1.29, 1.82) is 0 Å². The SMILES string of the molecule is CC/C=C\C/C=C\C/C=C\C/C=C\CCC(=O)NC(COC1OC(CO)C(OC2OC(CO)C(OC3OC(CO)C(O)C(O)C3O)C(O)C2O)C(O)C1O)C(O)/C=C/CC/C=C/CC/C=C/CCCCCCCCCCCCCCCCCC. The third-order valence-electron chi connectivity index (χ3n) is 15.4. The molecule has 0 bridgehead atoms. The second-order valence-corrected chi connectivity index (χ2v) is 22.5. The Bertz CT molecular complexity index is 1860. The fourth-order valence-electron chi connectivity index (χ4n) is 10.2. The van der Waals surface area contributed by atoms with Crippen LogP contribution in [0.15, 0.2) is 85.1 Å². The van der Waals surface area contributed by atoms with Crippen molar-refractivity contribution >= 4 is 5.91 Å². The van der Waals surface area contributed by atoms with Gasteiger partial charge in [-0.25, -0.2) is 0 Å². The zero-order chi connectivity index (χ0) is 61.2. The van der Waals surface area contributed by atoms with Crippen molar-refractivity contribution in [2.75, 3.05) is 26.4 Å². The number of carbonyl (C=O) groups is 1. The van der Waals surface area contributed by atoms with Gasteiger partial charge in [0.05, 0.1) is 38.6 Å². The lowest BCUT2D eigenvalue weighted by Crippen LogP contribution is -2.66. The van der Waals surface area contributed by atoms with E-state index >= 15 is 0 Å². The maximum Gasteiger partial charge on any atom is 0.220 e. The van der Waals surface area contributed by atoms with E-state index < -0.39 is 131 Å². The molecule has 0 aromatic rings. The molecule has 484 valence electrons. The Kier molecular flexibility index (Phi) is 42.1. The minimum absolute atomic E-state index is 0.106. The van der Waals surface area contributed by atoms with Gasteiger partial charge < -0.3 is 89.9 Å². The molecule has 3 aliphatic rings. The minimum atomic E-state index is -1.99. The van der Waals surface area contributed by atoms with Crippen molar-refractivity contribution in [3.05, 3.63) is 85.1 Å². The fourth-order valence-corrected chi connectivity index (χ4v) is 10.2. The van der Waals surface area contributed by atoms with Gasteiger partial charge in [-0.1, -0.05) is 195 Å². The Hall–Kier alpha value is -3.03. The lowest BCUT2D eigenvalue weighted by molar-refractivity contribution is -0.379. The Morgan fingerprint density at radius 1 is 0.440 bits per heavy atom. The predicted molar refractivity (Wildman–Crippen MR) is 323 cm³/mol. The maximum atomic E-state index is 13.3. The van der Waals surface area contributed by atoms with E-state index in [9.17, 15) is 61.0 Å². The van der Waals surface area contributed by atoms with Gasteiger partial charge in [0.25, 0.3) is 0 Å². The standard InChI is InChI=1S/C65H111NO18/c1-3-5-7-9-11-13-15-17-18-19-20-21-22-23-24-25-26-27-28-29-31-32-34-36-38-40-42-49(70)48(66-53(71)43-41-39-37-35-33-30-16-14-12-10-8-6-4-2)47-79-63-59(77)56(74)61(51(45-68)81-63)84-65-60(78)57(75)62(52(46-69)82-65)83-64-58(76)55(73)54(72)50(44-67)80-64/h6,8,12,14,27-28,30,32-34,37,39-40,42,48-52,54-65,67-70,72-78H,3-5,7,9-11,13,15-26,29,31,35-36,38,41,43-47H2,1-2H3,(H,66,71)/b8-6-,14-12-,28-27+,33-30-,34-32+,39-37-,42-40+. The molecular weight excluding hydrogens is 1080 g/mol. The largest absolute Gasteiger partial charge is 0.394 e. The first-order chi connectivity index (χ1) is 40.8. The summed E-state index contributed by atoms with van der Waals surface area (Å²) < 4.78 is 34.2. The van der Waals surface area contributed by atoms with Gasteiger partial charge in [0.15, 0.2) is 18.9 Å². The van der Waals surface area contributed by atoms with Crippen LogP contribution in [0.3, 0.4) is 0 Å². The topological polar surface area (TPSA) is 307 Å². The molecule has 0 spiro atoms. The summed E-state index contributed by atoms with van der Waals surface area (Å²) in [6.45, 7) is 1.51.